The molecule has 0 aliphatic carbocycles. The van der Waals surface area contributed by atoms with Crippen molar-refractivity contribution in [3.63, 3.8) is 0 Å². The van der Waals surface area contributed by atoms with Gasteiger partial charge in [0, 0.05) is 36.5 Å². The lowest BCUT2D eigenvalue weighted by atomic mass is 10.1. The molecule has 0 radical (unpaired) electrons. The normalized spacial score (nSPS) is 10.6. The first-order chi connectivity index (χ1) is 11.1. The number of halogens is 1. The predicted molar refractivity (Wildman–Crippen MR) is 89.1 cm³/mol. The molecule has 0 amide bonds. The predicted octanol–water partition coefficient (Wildman–Crippen LogP) is 4.52. The minimum absolute atomic E-state index is 0.171. The van der Waals surface area contributed by atoms with Crippen LogP contribution in [0.3, 0.4) is 0 Å². The van der Waals surface area contributed by atoms with Gasteiger partial charge in [-0.05, 0) is 36.8 Å². The fourth-order valence-corrected chi connectivity index (χ4v) is 2.42. The van der Waals surface area contributed by atoms with E-state index < -0.39 is 5.82 Å². The number of ether oxygens (including phenoxy) is 2. The molecule has 3 aromatic rings. The SMILES string of the molecule is CNc1ccc(Oc2ccnc3cc(OC)c(C)cc23)c(F)c1. The Kier molecular flexibility index (Phi) is 4.02. The Morgan fingerprint density at radius 3 is 2.57 bits per heavy atom. The van der Waals surface area contributed by atoms with E-state index in [0.717, 1.165) is 22.2 Å². The van der Waals surface area contributed by atoms with E-state index in [4.69, 9.17) is 9.47 Å². The van der Waals surface area contributed by atoms with Gasteiger partial charge in [0.15, 0.2) is 11.6 Å². The highest BCUT2D eigenvalue weighted by Gasteiger charge is 2.11. The molecule has 0 aliphatic heterocycles. The van der Waals surface area contributed by atoms with Crippen molar-refractivity contribution >= 4 is 16.6 Å². The van der Waals surface area contributed by atoms with Gasteiger partial charge in [-0.15, -0.1) is 0 Å². The lowest BCUT2D eigenvalue weighted by Gasteiger charge is -2.12. The van der Waals surface area contributed by atoms with Gasteiger partial charge in [-0.3, -0.25) is 4.98 Å². The Hall–Kier alpha value is -2.82. The molecule has 23 heavy (non-hydrogen) atoms. The Labute approximate surface area is 133 Å². The minimum Gasteiger partial charge on any atom is -0.496 e. The van der Waals surface area contributed by atoms with Crippen LogP contribution in [0.4, 0.5) is 10.1 Å². The number of hydrogen-bond acceptors (Lipinski definition) is 4. The van der Waals surface area contributed by atoms with Gasteiger partial charge in [0.05, 0.1) is 12.6 Å². The molecular formula is C18H17FN2O2. The molecule has 0 fully saturated rings. The molecule has 2 aromatic carbocycles. The quantitative estimate of drug-likeness (QED) is 0.769. The molecule has 0 atom stereocenters. The smallest absolute Gasteiger partial charge is 0.167 e. The van der Waals surface area contributed by atoms with Crippen molar-refractivity contribution in [1.82, 2.24) is 4.98 Å². The summed E-state index contributed by atoms with van der Waals surface area (Å²) in [5.41, 5.74) is 2.39. The lowest BCUT2D eigenvalue weighted by Crippen LogP contribution is -1.94. The van der Waals surface area contributed by atoms with E-state index in [1.807, 2.05) is 19.1 Å². The van der Waals surface area contributed by atoms with Crippen LogP contribution >= 0.6 is 0 Å². The maximum atomic E-state index is 14.1. The molecule has 118 valence electrons. The number of nitrogens with zero attached hydrogens (tertiary/aromatic N) is 1. The van der Waals surface area contributed by atoms with Crippen LogP contribution in [0.1, 0.15) is 5.56 Å². The summed E-state index contributed by atoms with van der Waals surface area (Å²) in [4.78, 5) is 4.32. The number of fused-ring (bicyclic) bond motifs is 1. The van der Waals surface area contributed by atoms with E-state index in [0.29, 0.717) is 11.4 Å². The minimum atomic E-state index is -0.424. The Morgan fingerprint density at radius 2 is 1.87 bits per heavy atom. The van der Waals surface area contributed by atoms with Crippen molar-refractivity contribution in [3.05, 3.63) is 54.0 Å². The highest BCUT2D eigenvalue weighted by Crippen LogP contribution is 2.34. The van der Waals surface area contributed by atoms with E-state index in [1.54, 1.807) is 38.6 Å². The van der Waals surface area contributed by atoms with E-state index in [1.165, 1.54) is 6.07 Å². The summed E-state index contributed by atoms with van der Waals surface area (Å²) in [6.07, 6.45) is 1.63. The van der Waals surface area contributed by atoms with Gasteiger partial charge in [0.1, 0.15) is 11.5 Å². The molecule has 0 saturated heterocycles. The summed E-state index contributed by atoms with van der Waals surface area (Å²) >= 11 is 0. The molecule has 1 heterocycles. The van der Waals surface area contributed by atoms with E-state index in [2.05, 4.69) is 10.3 Å². The average molecular weight is 312 g/mol. The van der Waals surface area contributed by atoms with E-state index in [9.17, 15) is 4.39 Å². The fraction of sp³-hybridized carbons (Fsp3) is 0.167. The number of methoxy groups -OCH3 is 1. The Morgan fingerprint density at radius 1 is 1.04 bits per heavy atom. The molecule has 0 spiro atoms. The van der Waals surface area contributed by atoms with Crippen LogP contribution in [0, 0.1) is 12.7 Å². The molecule has 0 bridgehead atoms. The molecule has 1 aromatic heterocycles. The van der Waals surface area contributed by atoms with Gasteiger partial charge in [0.2, 0.25) is 0 Å². The van der Waals surface area contributed by atoms with E-state index >= 15 is 0 Å². The van der Waals surface area contributed by atoms with Crippen molar-refractivity contribution in [2.75, 3.05) is 19.5 Å². The maximum Gasteiger partial charge on any atom is 0.167 e. The molecule has 5 heteroatoms. The summed E-state index contributed by atoms with van der Waals surface area (Å²) in [5, 5.41) is 3.70. The first kappa shape index (κ1) is 15.1. The monoisotopic (exact) mass is 312 g/mol. The van der Waals surface area contributed by atoms with Gasteiger partial charge in [-0.25, -0.2) is 4.39 Å². The van der Waals surface area contributed by atoms with Gasteiger partial charge in [0.25, 0.3) is 0 Å². The molecule has 0 unspecified atom stereocenters. The van der Waals surface area contributed by atoms with Crippen molar-refractivity contribution in [2.45, 2.75) is 6.92 Å². The van der Waals surface area contributed by atoms with Gasteiger partial charge in [-0.1, -0.05) is 0 Å². The molecule has 0 aliphatic rings. The zero-order valence-electron chi connectivity index (χ0n) is 13.2. The zero-order chi connectivity index (χ0) is 16.4. The second-order valence-electron chi connectivity index (χ2n) is 5.15. The number of benzene rings is 2. The standard InChI is InChI=1S/C18H17FN2O2/c1-11-8-13-15(10-18(11)22-3)21-7-6-16(13)23-17-5-4-12(20-2)9-14(17)19/h4-10,20H,1-3H3. The van der Waals surface area contributed by atoms with Crippen molar-refractivity contribution in [3.8, 4) is 17.2 Å². The zero-order valence-corrected chi connectivity index (χ0v) is 13.2. The van der Waals surface area contributed by atoms with Crippen LogP contribution in [0.5, 0.6) is 17.2 Å². The number of rotatable bonds is 4. The van der Waals surface area contributed by atoms with Crippen LogP contribution < -0.4 is 14.8 Å². The summed E-state index contributed by atoms with van der Waals surface area (Å²) in [6, 6.07) is 10.3. The second-order valence-corrected chi connectivity index (χ2v) is 5.15. The summed E-state index contributed by atoms with van der Waals surface area (Å²) < 4.78 is 25.2. The second kappa shape index (κ2) is 6.12. The van der Waals surface area contributed by atoms with Gasteiger partial charge in [-0.2, -0.15) is 0 Å². The summed E-state index contributed by atoms with van der Waals surface area (Å²) in [5.74, 6) is 1.06. The van der Waals surface area contributed by atoms with Gasteiger partial charge >= 0.3 is 0 Å². The molecular weight excluding hydrogens is 295 g/mol. The molecule has 3 rings (SSSR count). The number of pyridine rings is 1. The van der Waals surface area contributed by atoms with Crippen LogP contribution in [0.2, 0.25) is 0 Å². The third-order valence-electron chi connectivity index (χ3n) is 3.66. The van der Waals surface area contributed by atoms with Crippen LogP contribution in [-0.4, -0.2) is 19.1 Å². The average Bonchev–Trinajstić information content (AvgIpc) is 2.56. The van der Waals surface area contributed by atoms with Crippen molar-refractivity contribution < 1.29 is 13.9 Å². The summed E-state index contributed by atoms with van der Waals surface area (Å²) in [6.45, 7) is 1.94. The fourth-order valence-electron chi connectivity index (χ4n) is 2.42. The highest BCUT2D eigenvalue weighted by atomic mass is 19.1. The number of anilines is 1. The number of hydrogen-bond donors (Lipinski definition) is 1. The van der Waals surface area contributed by atoms with E-state index in [-0.39, 0.29) is 5.75 Å². The van der Waals surface area contributed by atoms with Crippen LogP contribution in [0.15, 0.2) is 42.6 Å². The van der Waals surface area contributed by atoms with Crippen molar-refractivity contribution in [2.24, 2.45) is 0 Å². The number of nitrogens with one attached hydrogen (secondary N) is 1. The first-order valence-electron chi connectivity index (χ1n) is 7.21. The maximum absolute atomic E-state index is 14.1. The van der Waals surface area contributed by atoms with Crippen LogP contribution in [-0.2, 0) is 0 Å². The summed E-state index contributed by atoms with van der Waals surface area (Å²) in [7, 11) is 3.36. The Balaban J connectivity index is 2.05. The van der Waals surface area contributed by atoms with Gasteiger partial charge < -0.3 is 14.8 Å². The molecule has 0 saturated carbocycles. The Bertz CT molecular complexity index is 865. The molecule has 4 nitrogen and oxygen atoms in total. The third kappa shape index (κ3) is 2.90. The lowest BCUT2D eigenvalue weighted by molar-refractivity contribution is 0.412. The van der Waals surface area contributed by atoms with Crippen LogP contribution in [0.25, 0.3) is 10.9 Å². The first-order valence-corrected chi connectivity index (χ1v) is 7.21. The topological polar surface area (TPSA) is 43.4 Å². The molecule has 1 N–H and O–H groups in total. The largest absolute Gasteiger partial charge is 0.496 e. The number of aromatic nitrogens is 1. The van der Waals surface area contributed by atoms with Crippen molar-refractivity contribution in [1.29, 1.82) is 0 Å². The highest BCUT2D eigenvalue weighted by molar-refractivity contribution is 5.87. The number of aryl methyl sites for hydroxylation is 1. The third-order valence-corrected chi connectivity index (χ3v) is 3.66.